The lowest BCUT2D eigenvalue weighted by Crippen LogP contribution is -2.42. The number of carbonyl (C=O) groups excluding carboxylic acids is 2. The average molecular weight is 256 g/mol. The van der Waals surface area contributed by atoms with Crippen molar-refractivity contribution in [2.75, 3.05) is 5.32 Å². The molecule has 1 aliphatic heterocycles. The van der Waals surface area contributed by atoms with E-state index in [-0.39, 0.29) is 17.7 Å². The second-order valence-corrected chi connectivity index (χ2v) is 5.86. The van der Waals surface area contributed by atoms with E-state index in [0.717, 1.165) is 24.1 Å². The third kappa shape index (κ3) is 1.40. The molecule has 1 spiro atoms. The minimum atomic E-state index is -0.579. The van der Waals surface area contributed by atoms with E-state index in [0.29, 0.717) is 12.5 Å². The lowest BCUT2D eigenvalue weighted by molar-refractivity contribution is -0.126. The lowest BCUT2D eigenvalue weighted by atomic mass is 9.91. The summed E-state index contributed by atoms with van der Waals surface area (Å²) in [6, 6.07) is 8.04. The summed E-state index contributed by atoms with van der Waals surface area (Å²) in [5.41, 5.74) is 1.28. The van der Waals surface area contributed by atoms with Gasteiger partial charge in [-0.05, 0) is 37.3 Å². The topological polar surface area (TPSA) is 58.2 Å². The van der Waals surface area contributed by atoms with Crippen LogP contribution in [-0.2, 0) is 15.0 Å². The number of para-hydroxylation sites is 1. The molecule has 3 aliphatic rings. The molecule has 1 heterocycles. The molecule has 0 bridgehead atoms. The summed E-state index contributed by atoms with van der Waals surface area (Å²) in [7, 11) is 0. The zero-order valence-corrected chi connectivity index (χ0v) is 10.6. The van der Waals surface area contributed by atoms with Crippen LogP contribution in [0.25, 0.3) is 0 Å². The Morgan fingerprint density at radius 2 is 2.11 bits per heavy atom. The summed E-state index contributed by atoms with van der Waals surface area (Å²) in [6.45, 7) is 0. The fourth-order valence-corrected chi connectivity index (χ4v) is 3.32. The number of fused-ring (bicyclic) bond motifs is 2. The van der Waals surface area contributed by atoms with E-state index in [1.54, 1.807) is 0 Å². The molecule has 0 unspecified atom stereocenters. The van der Waals surface area contributed by atoms with Crippen molar-refractivity contribution in [2.24, 2.45) is 5.92 Å². The van der Waals surface area contributed by atoms with Crippen LogP contribution in [0.3, 0.4) is 0 Å². The number of benzene rings is 1. The van der Waals surface area contributed by atoms with Crippen LogP contribution in [0.4, 0.5) is 5.69 Å². The van der Waals surface area contributed by atoms with Crippen LogP contribution in [0.1, 0.15) is 31.2 Å². The third-order valence-electron chi connectivity index (χ3n) is 4.79. The van der Waals surface area contributed by atoms with E-state index in [9.17, 15) is 9.59 Å². The van der Waals surface area contributed by atoms with E-state index >= 15 is 0 Å². The normalized spacial score (nSPS) is 31.6. The first-order chi connectivity index (χ1) is 9.22. The maximum Gasteiger partial charge on any atom is 0.235 e. The minimum absolute atomic E-state index is 0.0116. The van der Waals surface area contributed by atoms with Gasteiger partial charge in [-0.3, -0.25) is 9.59 Å². The van der Waals surface area contributed by atoms with Crippen molar-refractivity contribution in [1.82, 2.24) is 5.32 Å². The number of carbonyl (C=O) groups is 2. The molecular weight excluding hydrogens is 240 g/mol. The van der Waals surface area contributed by atoms with E-state index < -0.39 is 5.41 Å². The summed E-state index contributed by atoms with van der Waals surface area (Å²) in [4.78, 5) is 24.4. The first-order valence-corrected chi connectivity index (χ1v) is 6.93. The molecule has 2 N–H and O–H groups in total. The molecular formula is C15H16N2O2. The smallest absolute Gasteiger partial charge is 0.235 e. The van der Waals surface area contributed by atoms with Crippen molar-refractivity contribution in [1.29, 1.82) is 0 Å². The summed E-state index contributed by atoms with van der Waals surface area (Å²) in [6.07, 6.45) is 4.00. The van der Waals surface area contributed by atoms with Gasteiger partial charge in [0.15, 0.2) is 0 Å². The second-order valence-electron chi connectivity index (χ2n) is 5.86. The Hall–Kier alpha value is -1.84. The first kappa shape index (κ1) is 11.0. The van der Waals surface area contributed by atoms with Gasteiger partial charge in [0.05, 0.1) is 11.3 Å². The van der Waals surface area contributed by atoms with E-state index in [1.165, 1.54) is 6.42 Å². The number of hydrogen-bond acceptors (Lipinski definition) is 2. The number of anilines is 1. The predicted molar refractivity (Wildman–Crippen MR) is 70.6 cm³/mol. The molecule has 1 aromatic carbocycles. The van der Waals surface area contributed by atoms with Crippen LogP contribution in [0.15, 0.2) is 24.3 Å². The molecule has 2 fully saturated rings. The van der Waals surface area contributed by atoms with Crippen LogP contribution >= 0.6 is 0 Å². The van der Waals surface area contributed by atoms with Crippen molar-refractivity contribution >= 4 is 17.5 Å². The van der Waals surface area contributed by atoms with E-state index in [4.69, 9.17) is 0 Å². The van der Waals surface area contributed by atoms with Crippen LogP contribution < -0.4 is 10.6 Å². The predicted octanol–water partition coefficient (Wildman–Crippen LogP) is 1.57. The molecule has 1 aromatic rings. The molecule has 0 saturated heterocycles. The Bertz CT molecular complexity index is 579. The number of hydrogen-bond donors (Lipinski definition) is 2. The molecule has 2 amide bonds. The SMILES string of the molecule is O=C(NC1CCC1)[C@H]1C[C@@]12C(=O)Nc1ccccc12. The highest BCUT2D eigenvalue weighted by Crippen LogP contribution is 2.60. The third-order valence-corrected chi connectivity index (χ3v) is 4.79. The molecule has 98 valence electrons. The van der Waals surface area contributed by atoms with Crippen LogP contribution in [0.2, 0.25) is 0 Å². The molecule has 0 radical (unpaired) electrons. The quantitative estimate of drug-likeness (QED) is 0.843. The van der Waals surface area contributed by atoms with Crippen molar-refractivity contribution in [2.45, 2.75) is 37.1 Å². The van der Waals surface area contributed by atoms with Crippen molar-refractivity contribution < 1.29 is 9.59 Å². The van der Waals surface area contributed by atoms with Gasteiger partial charge in [-0.2, -0.15) is 0 Å². The van der Waals surface area contributed by atoms with Crippen molar-refractivity contribution in [3.05, 3.63) is 29.8 Å². The fraction of sp³-hybridized carbons (Fsp3) is 0.467. The monoisotopic (exact) mass is 256 g/mol. The fourth-order valence-electron chi connectivity index (χ4n) is 3.32. The Morgan fingerprint density at radius 3 is 2.84 bits per heavy atom. The minimum Gasteiger partial charge on any atom is -0.353 e. The number of amides is 2. The maximum atomic E-state index is 12.2. The molecule has 4 nitrogen and oxygen atoms in total. The van der Waals surface area contributed by atoms with Crippen LogP contribution in [0, 0.1) is 5.92 Å². The Balaban J connectivity index is 1.59. The molecule has 4 heteroatoms. The molecule has 0 aromatic heterocycles. The van der Waals surface area contributed by atoms with Gasteiger partial charge in [0.25, 0.3) is 0 Å². The molecule has 4 rings (SSSR count). The summed E-state index contributed by atoms with van der Waals surface area (Å²) in [5.74, 6) is -0.143. The summed E-state index contributed by atoms with van der Waals surface area (Å²) >= 11 is 0. The standard InChI is InChI=1S/C15H16N2O2/c18-13(16-9-4-3-5-9)11-8-15(11)10-6-1-2-7-12(10)17-14(15)19/h1-2,6-7,9,11H,3-5,8H2,(H,16,18)(H,17,19)/t11-,15+/m1/s1. The van der Waals surface area contributed by atoms with Gasteiger partial charge in [0.2, 0.25) is 11.8 Å². The van der Waals surface area contributed by atoms with Crippen molar-refractivity contribution in [3.63, 3.8) is 0 Å². The second kappa shape index (κ2) is 3.59. The highest BCUT2D eigenvalue weighted by molar-refractivity contribution is 6.12. The Kier molecular flexibility index (Phi) is 2.08. The molecule has 19 heavy (non-hydrogen) atoms. The van der Waals surface area contributed by atoms with Gasteiger partial charge in [0, 0.05) is 11.7 Å². The molecule has 2 saturated carbocycles. The zero-order chi connectivity index (χ0) is 13.0. The first-order valence-electron chi connectivity index (χ1n) is 6.93. The van der Waals surface area contributed by atoms with E-state index in [2.05, 4.69) is 10.6 Å². The largest absolute Gasteiger partial charge is 0.353 e. The van der Waals surface area contributed by atoms with Gasteiger partial charge in [0.1, 0.15) is 0 Å². The number of nitrogens with one attached hydrogen (secondary N) is 2. The van der Waals surface area contributed by atoms with Crippen LogP contribution in [-0.4, -0.2) is 17.9 Å². The van der Waals surface area contributed by atoms with Crippen LogP contribution in [0.5, 0.6) is 0 Å². The Morgan fingerprint density at radius 1 is 1.32 bits per heavy atom. The maximum absolute atomic E-state index is 12.2. The average Bonchev–Trinajstić information content (AvgIpc) is 3.04. The highest BCUT2D eigenvalue weighted by atomic mass is 16.2. The van der Waals surface area contributed by atoms with Crippen molar-refractivity contribution in [3.8, 4) is 0 Å². The van der Waals surface area contributed by atoms with Gasteiger partial charge in [-0.25, -0.2) is 0 Å². The van der Waals surface area contributed by atoms with Gasteiger partial charge >= 0.3 is 0 Å². The summed E-state index contributed by atoms with van der Waals surface area (Å²) in [5, 5.41) is 5.96. The van der Waals surface area contributed by atoms with Gasteiger partial charge in [-0.15, -0.1) is 0 Å². The lowest BCUT2D eigenvalue weighted by Gasteiger charge is -2.26. The molecule has 2 atom stereocenters. The Labute approximate surface area is 111 Å². The zero-order valence-electron chi connectivity index (χ0n) is 10.6. The van der Waals surface area contributed by atoms with E-state index in [1.807, 2.05) is 24.3 Å². The number of rotatable bonds is 2. The van der Waals surface area contributed by atoms with Gasteiger partial charge < -0.3 is 10.6 Å². The highest BCUT2D eigenvalue weighted by Gasteiger charge is 2.67. The van der Waals surface area contributed by atoms with Gasteiger partial charge in [-0.1, -0.05) is 18.2 Å². The summed E-state index contributed by atoms with van der Waals surface area (Å²) < 4.78 is 0. The molecule has 2 aliphatic carbocycles.